The first-order chi connectivity index (χ1) is 2.50. The molecule has 1 rings (SSSR count). The zero-order valence-electron chi connectivity index (χ0n) is 3.72. The molecule has 0 radical (unpaired) electrons. The number of hydrogen-bond donors (Lipinski definition) is 0. The number of hydrogen-bond acceptors (Lipinski definition) is 1. The van der Waals surface area contributed by atoms with Gasteiger partial charge in [-0.25, -0.2) is 0 Å². The Labute approximate surface area is 48.5 Å². The Bertz CT molecular complexity index is 64.0. The van der Waals surface area contributed by atoms with E-state index in [1.807, 2.05) is 12.1 Å². The van der Waals surface area contributed by atoms with Gasteiger partial charge in [0, 0.05) is 0 Å². The number of furan rings is 1. The molecule has 0 aliphatic heterocycles. The second-order valence-corrected chi connectivity index (χ2v) is 0.793. The monoisotopic (exact) mass is 75.0 g/mol. The van der Waals surface area contributed by atoms with Crippen LogP contribution < -0.4 is 18.9 Å². The summed E-state index contributed by atoms with van der Waals surface area (Å²) in [5.74, 6) is 0. The van der Waals surface area contributed by atoms with Crippen LogP contribution in [0.1, 0.15) is 0 Å². The first-order valence-corrected chi connectivity index (χ1v) is 1.47. The summed E-state index contributed by atoms with van der Waals surface area (Å²) in [4.78, 5) is 0. The molecule has 1 aromatic heterocycles. The molecule has 0 aromatic carbocycles. The molecule has 1 nitrogen and oxygen atoms in total. The Morgan fingerprint density at radius 2 is 1.50 bits per heavy atom. The van der Waals surface area contributed by atoms with Gasteiger partial charge in [-0.05, 0) is 12.1 Å². The maximum absolute atomic E-state index is 4.58. The molecule has 1 aromatic rings. The van der Waals surface area contributed by atoms with Gasteiger partial charge in [0.15, 0.2) is 0 Å². The van der Waals surface area contributed by atoms with Crippen LogP contribution in [0.4, 0.5) is 0 Å². The summed E-state index contributed by atoms with van der Waals surface area (Å²) in [5, 5.41) is 0. The first kappa shape index (κ1) is 5.88. The molecule has 0 fully saturated rings. The van der Waals surface area contributed by atoms with Crippen molar-refractivity contribution in [1.29, 1.82) is 0 Å². The molecule has 1 heterocycles. The standard InChI is InChI=1S/C4H4O.Li/c1-2-4-5-3-1;/h1-4H;/q;+1. The molecule has 6 heavy (non-hydrogen) atoms. The molecular formula is C4H4LiO+. The van der Waals surface area contributed by atoms with Crippen molar-refractivity contribution in [2.24, 2.45) is 0 Å². The third-order valence-corrected chi connectivity index (χ3v) is 0.425. The van der Waals surface area contributed by atoms with Gasteiger partial charge >= 0.3 is 18.9 Å². The van der Waals surface area contributed by atoms with Crippen LogP contribution in [-0.4, -0.2) is 0 Å². The normalized spacial score (nSPS) is 6.67. The third-order valence-electron chi connectivity index (χ3n) is 0.425. The summed E-state index contributed by atoms with van der Waals surface area (Å²) in [6.07, 6.45) is 3.25. The van der Waals surface area contributed by atoms with E-state index >= 15 is 0 Å². The average Bonchev–Trinajstić information content (AvgIpc) is 1.76. The molecule has 0 amide bonds. The zero-order chi connectivity index (χ0) is 3.54. The van der Waals surface area contributed by atoms with Gasteiger partial charge in [0.2, 0.25) is 0 Å². The fourth-order valence-electron chi connectivity index (χ4n) is 0.227. The van der Waals surface area contributed by atoms with Gasteiger partial charge in [0.05, 0.1) is 12.5 Å². The minimum atomic E-state index is 0. The van der Waals surface area contributed by atoms with Crippen molar-refractivity contribution >= 4 is 0 Å². The van der Waals surface area contributed by atoms with Gasteiger partial charge in [-0.15, -0.1) is 0 Å². The third kappa shape index (κ3) is 1.35. The van der Waals surface area contributed by atoms with Crippen molar-refractivity contribution < 1.29 is 23.3 Å². The Morgan fingerprint density at radius 3 is 1.67 bits per heavy atom. The predicted octanol–water partition coefficient (Wildman–Crippen LogP) is -1.72. The van der Waals surface area contributed by atoms with Crippen LogP contribution in [0.25, 0.3) is 0 Å². The fraction of sp³-hybridized carbons (Fsp3) is 0. The quantitative estimate of drug-likeness (QED) is 0.334. The van der Waals surface area contributed by atoms with E-state index in [-0.39, 0.29) is 18.9 Å². The summed E-state index contributed by atoms with van der Waals surface area (Å²) in [6.45, 7) is 0. The van der Waals surface area contributed by atoms with Gasteiger partial charge < -0.3 is 4.42 Å². The summed E-state index contributed by atoms with van der Waals surface area (Å²) in [6, 6.07) is 3.67. The molecule has 26 valence electrons. The minimum absolute atomic E-state index is 0. The van der Waals surface area contributed by atoms with Crippen LogP contribution in [0.5, 0.6) is 0 Å². The Balaban J connectivity index is 0.000000250. The van der Waals surface area contributed by atoms with Gasteiger partial charge in [-0.2, -0.15) is 0 Å². The average molecular weight is 75.0 g/mol. The van der Waals surface area contributed by atoms with Crippen molar-refractivity contribution in [3.8, 4) is 0 Å². The van der Waals surface area contributed by atoms with Crippen molar-refractivity contribution in [3.63, 3.8) is 0 Å². The zero-order valence-corrected chi connectivity index (χ0v) is 3.72. The SMILES string of the molecule is [Li+].c1ccoc1. The van der Waals surface area contributed by atoms with Crippen molar-refractivity contribution in [2.45, 2.75) is 0 Å². The molecule has 0 saturated carbocycles. The van der Waals surface area contributed by atoms with Gasteiger partial charge in [0.1, 0.15) is 0 Å². The van der Waals surface area contributed by atoms with Crippen molar-refractivity contribution in [2.75, 3.05) is 0 Å². The maximum atomic E-state index is 4.58. The summed E-state index contributed by atoms with van der Waals surface area (Å²) >= 11 is 0. The molecule has 0 aliphatic carbocycles. The topological polar surface area (TPSA) is 13.1 Å². The fourth-order valence-corrected chi connectivity index (χ4v) is 0.227. The molecule has 0 atom stereocenters. The van der Waals surface area contributed by atoms with Gasteiger partial charge in [-0.1, -0.05) is 0 Å². The van der Waals surface area contributed by atoms with E-state index in [2.05, 4.69) is 4.42 Å². The van der Waals surface area contributed by atoms with E-state index in [4.69, 9.17) is 0 Å². The van der Waals surface area contributed by atoms with Crippen molar-refractivity contribution in [3.05, 3.63) is 24.7 Å². The summed E-state index contributed by atoms with van der Waals surface area (Å²) < 4.78 is 4.58. The molecule has 0 unspecified atom stereocenters. The van der Waals surface area contributed by atoms with Crippen LogP contribution >= 0.6 is 0 Å². The summed E-state index contributed by atoms with van der Waals surface area (Å²) in [5.41, 5.74) is 0. The largest absolute Gasteiger partial charge is 1.00 e. The van der Waals surface area contributed by atoms with Crippen LogP contribution in [0.3, 0.4) is 0 Å². The molecule has 2 heteroatoms. The molecule has 0 N–H and O–H groups in total. The van der Waals surface area contributed by atoms with Gasteiger partial charge in [-0.3, -0.25) is 0 Å². The smallest absolute Gasteiger partial charge is 0.473 e. The summed E-state index contributed by atoms with van der Waals surface area (Å²) in [7, 11) is 0. The van der Waals surface area contributed by atoms with E-state index in [0.29, 0.717) is 0 Å². The van der Waals surface area contributed by atoms with Crippen LogP contribution in [0.2, 0.25) is 0 Å². The van der Waals surface area contributed by atoms with E-state index in [1.165, 1.54) is 0 Å². The molecular weight excluding hydrogens is 71.0 g/mol. The Kier molecular flexibility index (Phi) is 3.02. The van der Waals surface area contributed by atoms with Crippen LogP contribution in [0, 0.1) is 0 Å². The molecule has 0 aliphatic rings. The minimum Gasteiger partial charge on any atom is -0.473 e. The maximum Gasteiger partial charge on any atom is 1.00 e. The molecule has 0 spiro atoms. The molecule has 0 saturated heterocycles. The second kappa shape index (κ2) is 3.08. The van der Waals surface area contributed by atoms with Crippen LogP contribution in [0.15, 0.2) is 29.1 Å². The Morgan fingerprint density at radius 1 is 1.00 bits per heavy atom. The van der Waals surface area contributed by atoms with E-state index < -0.39 is 0 Å². The van der Waals surface area contributed by atoms with E-state index in [0.717, 1.165) is 0 Å². The second-order valence-electron chi connectivity index (χ2n) is 0.793. The van der Waals surface area contributed by atoms with E-state index in [1.54, 1.807) is 12.5 Å². The number of rotatable bonds is 0. The van der Waals surface area contributed by atoms with E-state index in [9.17, 15) is 0 Å². The van der Waals surface area contributed by atoms with Crippen LogP contribution in [-0.2, 0) is 0 Å². The molecule has 0 bridgehead atoms. The Hall–Kier alpha value is -0.123. The van der Waals surface area contributed by atoms with Gasteiger partial charge in [0.25, 0.3) is 0 Å². The predicted molar refractivity (Wildman–Crippen MR) is 18.7 cm³/mol. The first-order valence-electron chi connectivity index (χ1n) is 1.47. The van der Waals surface area contributed by atoms with Crippen molar-refractivity contribution in [1.82, 2.24) is 0 Å².